The van der Waals surface area contributed by atoms with E-state index in [0.29, 0.717) is 10.7 Å². The predicted molar refractivity (Wildman–Crippen MR) is 102 cm³/mol. The number of aromatic nitrogens is 3. The first-order valence-corrected chi connectivity index (χ1v) is 10.1. The lowest BCUT2D eigenvalue weighted by Gasteiger charge is -2.40. The van der Waals surface area contributed by atoms with Crippen LogP contribution in [0.5, 0.6) is 0 Å². The molecule has 2 saturated carbocycles. The molecule has 2 heterocycles. The number of nitrogens with one attached hydrogen (secondary N) is 2. The van der Waals surface area contributed by atoms with Gasteiger partial charge in [-0.2, -0.15) is 0 Å². The lowest BCUT2D eigenvalue weighted by atomic mass is 9.78. The summed E-state index contributed by atoms with van der Waals surface area (Å²) >= 11 is 1.37. The molecule has 2 amide bonds. The zero-order chi connectivity index (χ0) is 19.1. The van der Waals surface area contributed by atoms with Crippen molar-refractivity contribution in [1.29, 1.82) is 0 Å². The molecule has 2 atom stereocenters. The van der Waals surface area contributed by atoms with E-state index in [1.165, 1.54) is 17.5 Å². The third-order valence-electron chi connectivity index (χ3n) is 5.63. The predicted octanol–water partition coefficient (Wildman–Crippen LogP) is 2.56. The normalized spacial score (nSPS) is 26.6. The number of hydrogen-bond donors (Lipinski definition) is 2. The molecule has 0 saturated heterocycles. The Hall–Kier alpha value is -2.35. The van der Waals surface area contributed by atoms with Crippen molar-refractivity contribution in [3.8, 4) is 0 Å². The largest absolute Gasteiger partial charge is 0.345 e. The molecule has 0 unspecified atom stereocenters. The van der Waals surface area contributed by atoms with Crippen LogP contribution in [0.25, 0.3) is 0 Å². The molecule has 27 heavy (non-hydrogen) atoms. The molecule has 0 aliphatic heterocycles. The Labute approximate surface area is 162 Å². The van der Waals surface area contributed by atoms with Gasteiger partial charge in [0.1, 0.15) is 5.69 Å². The maximum atomic E-state index is 12.7. The molecule has 2 aliphatic carbocycles. The van der Waals surface area contributed by atoms with Crippen molar-refractivity contribution < 1.29 is 9.59 Å². The summed E-state index contributed by atoms with van der Waals surface area (Å²) in [6.45, 7) is 3.70. The molecule has 2 fully saturated rings. The van der Waals surface area contributed by atoms with Crippen LogP contribution in [-0.4, -0.2) is 37.8 Å². The van der Waals surface area contributed by atoms with Gasteiger partial charge in [0.2, 0.25) is 0 Å². The van der Waals surface area contributed by atoms with E-state index in [2.05, 4.69) is 25.6 Å². The number of nitrogens with zero attached hydrogens (tertiary/aromatic N) is 3. The SMILES string of the molecule is Cc1cncc(C(=O)N[C@]23CCC[C@](NC(=O)c4nc(C)cs4)(CC2)C3)n1. The molecule has 7 nitrogen and oxygen atoms in total. The van der Waals surface area contributed by atoms with Crippen LogP contribution < -0.4 is 10.6 Å². The van der Waals surface area contributed by atoms with E-state index in [1.807, 2.05) is 19.2 Å². The fourth-order valence-corrected chi connectivity index (χ4v) is 5.15. The van der Waals surface area contributed by atoms with Gasteiger partial charge >= 0.3 is 0 Å². The Morgan fingerprint density at radius 2 is 1.67 bits per heavy atom. The van der Waals surface area contributed by atoms with Gasteiger partial charge in [-0.15, -0.1) is 11.3 Å². The van der Waals surface area contributed by atoms with Crippen LogP contribution in [0.15, 0.2) is 17.8 Å². The first-order chi connectivity index (χ1) is 12.9. The summed E-state index contributed by atoms with van der Waals surface area (Å²) in [6, 6.07) is 0. The summed E-state index contributed by atoms with van der Waals surface area (Å²) in [4.78, 5) is 37.9. The second-order valence-electron chi connectivity index (χ2n) is 7.84. The molecule has 0 aromatic carbocycles. The molecule has 2 aromatic heterocycles. The molecule has 2 aliphatic rings. The monoisotopic (exact) mass is 385 g/mol. The van der Waals surface area contributed by atoms with Gasteiger partial charge in [-0.1, -0.05) is 0 Å². The molecule has 4 rings (SSSR count). The fraction of sp³-hybridized carbons (Fsp3) is 0.526. The van der Waals surface area contributed by atoms with Gasteiger partial charge < -0.3 is 10.6 Å². The van der Waals surface area contributed by atoms with Crippen molar-refractivity contribution in [2.24, 2.45) is 0 Å². The highest BCUT2D eigenvalue weighted by molar-refractivity contribution is 7.11. The zero-order valence-electron chi connectivity index (χ0n) is 15.5. The van der Waals surface area contributed by atoms with E-state index in [4.69, 9.17) is 0 Å². The summed E-state index contributed by atoms with van der Waals surface area (Å²) in [7, 11) is 0. The molecule has 2 N–H and O–H groups in total. The number of carbonyl (C=O) groups excluding carboxylic acids is 2. The number of carbonyl (C=O) groups is 2. The van der Waals surface area contributed by atoms with Crippen LogP contribution in [0.2, 0.25) is 0 Å². The minimum atomic E-state index is -0.285. The van der Waals surface area contributed by atoms with E-state index >= 15 is 0 Å². The summed E-state index contributed by atoms with van der Waals surface area (Å²) in [6.07, 6.45) is 8.43. The van der Waals surface area contributed by atoms with Crippen molar-refractivity contribution in [3.63, 3.8) is 0 Å². The molecule has 0 spiro atoms. The lowest BCUT2D eigenvalue weighted by Crippen LogP contribution is -2.55. The number of hydrogen-bond acceptors (Lipinski definition) is 6. The van der Waals surface area contributed by atoms with Gasteiger partial charge in [-0.3, -0.25) is 14.6 Å². The van der Waals surface area contributed by atoms with Crippen molar-refractivity contribution in [3.05, 3.63) is 39.9 Å². The highest BCUT2D eigenvalue weighted by atomic mass is 32.1. The first kappa shape index (κ1) is 18.0. The summed E-state index contributed by atoms with van der Waals surface area (Å²) in [5.41, 5.74) is 1.37. The number of amides is 2. The first-order valence-electron chi connectivity index (χ1n) is 9.25. The van der Waals surface area contributed by atoms with Crippen molar-refractivity contribution in [1.82, 2.24) is 25.6 Å². The highest BCUT2D eigenvalue weighted by Gasteiger charge is 2.52. The highest BCUT2D eigenvalue weighted by Crippen LogP contribution is 2.48. The van der Waals surface area contributed by atoms with Crippen LogP contribution in [0.3, 0.4) is 0 Å². The zero-order valence-corrected chi connectivity index (χ0v) is 16.4. The molecular formula is C19H23N5O2S. The topological polar surface area (TPSA) is 96.9 Å². The fourth-order valence-electron chi connectivity index (χ4n) is 4.46. The van der Waals surface area contributed by atoms with Crippen molar-refractivity contribution >= 4 is 23.2 Å². The Morgan fingerprint density at radius 3 is 2.30 bits per heavy atom. The summed E-state index contributed by atoms with van der Waals surface area (Å²) < 4.78 is 0. The van der Waals surface area contributed by atoms with E-state index in [9.17, 15) is 9.59 Å². The maximum Gasteiger partial charge on any atom is 0.280 e. The molecule has 8 heteroatoms. The Kier molecular flexibility index (Phi) is 4.46. The number of thiazole rings is 1. The van der Waals surface area contributed by atoms with E-state index in [1.54, 1.807) is 6.20 Å². The van der Waals surface area contributed by atoms with E-state index in [0.717, 1.165) is 49.9 Å². The standard InChI is InChI=1S/C19H23N5O2S/c1-12-8-20-9-14(21-12)15(25)23-18-4-3-5-19(11-18,7-6-18)24-16(26)17-22-13(2)10-27-17/h8-10H,3-7,11H2,1-2H3,(H,23,25)(H,24,26)/t18-,19+/m1/s1. The average molecular weight is 385 g/mol. The summed E-state index contributed by atoms with van der Waals surface area (Å²) in [5.74, 6) is -0.299. The minimum Gasteiger partial charge on any atom is -0.345 e. The molecule has 0 radical (unpaired) electrons. The van der Waals surface area contributed by atoms with Gasteiger partial charge in [0, 0.05) is 28.3 Å². The van der Waals surface area contributed by atoms with Gasteiger partial charge in [-0.05, 0) is 52.4 Å². The molecular weight excluding hydrogens is 362 g/mol. The van der Waals surface area contributed by atoms with Crippen LogP contribution in [0.4, 0.5) is 0 Å². The van der Waals surface area contributed by atoms with Crippen molar-refractivity contribution in [2.75, 3.05) is 0 Å². The van der Waals surface area contributed by atoms with Crippen LogP contribution in [-0.2, 0) is 0 Å². The number of aryl methyl sites for hydroxylation is 2. The van der Waals surface area contributed by atoms with Crippen LogP contribution in [0.1, 0.15) is 70.2 Å². The second-order valence-corrected chi connectivity index (χ2v) is 8.70. The summed E-state index contributed by atoms with van der Waals surface area (Å²) in [5, 5.41) is 8.82. The second kappa shape index (κ2) is 6.67. The third-order valence-corrected chi connectivity index (χ3v) is 6.59. The lowest BCUT2D eigenvalue weighted by molar-refractivity contribution is 0.0829. The smallest absolute Gasteiger partial charge is 0.280 e. The Balaban J connectivity index is 1.48. The van der Waals surface area contributed by atoms with Crippen LogP contribution >= 0.6 is 11.3 Å². The third kappa shape index (κ3) is 3.58. The van der Waals surface area contributed by atoms with Gasteiger partial charge in [0.15, 0.2) is 5.01 Å². The molecule has 2 aromatic rings. The Morgan fingerprint density at radius 1 is 0.963 bits per heavy atom. The molecule has 142 valence electrons. The maximum absolute atomic E-state index is 12.7. The average Bonchev–Trinajstić information content (AvgIpc) is 3.16. The van der Waals surface area contributed by atoms with Gasteiger partial charge in [0.25, 0.3) is 11.8 Å². The number of rotatable bonds is 4. The van der Waals surface area contributed by atoms with Crippen molar-refractivity contribution in [2.45, 2.75) is 63.5 Å². The molecule has 2 bridgehead atoms. The quantitative estimate of drug-likeness (QED) is 0.843. The minimum absolute atomic E-state index is 0.110. The number of fused-ring (bicyclic) bond motifs is 2. The van der Waals surface area contributed by atoms with Gasteiger partial charge in [0.05, 0.1) is 11.9 Å². The van der Waals surface area contributed by atoms with Crippen LogP contribution in [0, 0.1) is 13.8 Å². The van der Waals surface area contributed by atoms with Gasteiger partial charge in [-0.25, -0.2) is 9.97 Å². The Bertz CT molecular complexity index is 898. The van der Waals surface area contributed by atoms with E-state index < -0.39 is 0 Å². The van der Waals surface area contributed by atoms with E-state index in [-0.39, 0.29) is 22.9 Å².